The summed E-state index contributed by atoms with van der Waals surface area (Å²) in [5, 5.41) is 3.59. The molecule has 0 spiro atoms. The van der Waals surface area contributed by atoms with Gasteiger partial charge in [-0.1, -0.05) is 37.6 Å². The smallest absolute Gasteiger partial charge is 0.261 e. The van der Waals surface area contributed by atoms with Gasteiger partial charge in [-0.3, -0.25) is 9.59 Å². The molecular formula is C25H33ClN2O4. The molecule has 0 aliphatic heterocycles. The van der Waals surface area contributed by atoms with Crippen molar-refractivity contribution >= 4 is 23.4 Å². The van der Waals surface area contributed by atoms with Crippen LogP contribution >= 0.6 is 11.6 Å². The lowest BCUT2D eigenvalue weighted by atomic mass is 10.1. The van der Waals surface area contributed by atoms with E-state index in [1.54, 1.807) is 24.1 Å². The number of hydrogen-bond acceptors (Lipinski definition) is 4. The van der Waals surface area contributed by atoms with Crippen molar-refractivity contribution in [2.45, 2.75) is 53.1 Å². The summed E-state index contributed by atoms with van der Waals surface area (Å²) in [5.74, 6) is 0.838. The highest BCUT2D eigenvalue weighted by Gasteiger charge is 2.29. The topological polar surface area (TPSA) is 67.9 Å². The average molecular weight is 461 g/mol. The second kappa shape index (κ2) is 12.3. The molecule has 0 heterocycles. The Morgan fingerprint density at radius 3 is 2.38 bits per heavy atom. The molecule has 0 fully saturated rings. The van der Waals surface area contributed by atoms with Gasteiger partial charge in [-0.2, -0.15) is 0 Å². The summed E-state index contributed by atoms with van der Waals surface area (Å²) in [7, 11) is 1.60. The molecular weight excluding hydrogens is 428 g/mol. The van der Waals surface area contributed by atoms with Crippen LogP contribution in [0.5, 0.6) is 11.5 Å². The molecule has 0 aliphatic carbocycles. The van der Waals surface area contributed by atoms with Gasteiger partial charge in [-0.05, 0) is 67.6 Å². The Hall–Kier alpha value is -2.73. The van der Waals surface area contributed by atoms with Crippen LogP contribution in [0.4, 0.5) is 0 Å². The quantitative estimate of drug-likeness (QED) is 0.528. The van der Waals surface area contributed by atoms with Gasteiger partial charge in [0, 0.05) is 18.1 Å². The van der Waals surface area contributed by atoms with Crippen LogP contribution in [-0.4, -0.2) is 43.0 Å². The lowest BCUT2D eigenvalue weighted by Crippen LogP contribution is -2.50. The van der Waals surface area contributed by atoms with Gasteiger partial charge in [0.25, 0.3) is 5.91 Å². The Morgan fingerprint density at radius 1 is 1.09 bits per heavy atom. The van der Waals surface area contributed by atoms with Crippen LogP contribution in [0.3, 0.4) is 0 Å². The lowest BCUT2D eigenvalue weighted by molar-refractivity contribution is -0.143. The van der Waals surface area contributed by atoms with Crippen LogP contribution in [-0.2, 0) is 16.1 Å². The summed E-state index contributed by atoms with van der Waals surface area (Å²) in [6, 6.07) is 10.5. The van der Waals surface area contributed by atoms with E-state index in [-0.39, 0.29) is 25.0 Å². The summed E-state index contributed by atoms with van der Waals surface area (Å²) in [6.45, 7) is 8.34. The highest BCUT2D eigenvalue weighted by molar-refractivity contribution is 6.32. The third-order valence-corrected chi connectivity index (χ3v) is 5.79. The number of nitrogens with one attached hydrogen (secondary N) is 1. The fraction of sp³-hybridized carbons (Fsp3) is 0.440. The van der Waals surface area contributed by atoms with Gasteiger partial charge < -0.3 is 19.7 Å². The first kappa shape index (κ1) is 25.5. The summed E-state index contributed by atoms with van der Waals surface area (Å²) in [4.78, 5) is 27.6. The number of aryl methyl sites for hydroxylation is 2. The first-order chi connectivity index (χ1) is 15.3. The van der Waals surface area contributed by atoms with Crippen LogP contribution in [0.15, 0.2) is 36.4 Å². The van der Waals surface area contributed by atoms with Gasteiger partial charge in [0.1, 0.15) is 17.5 Å². The lowest BCUT2D eigenvalue weighted by Gasteiger charge is -2.30. The maximum atomic E-state index is 13.3. The molecule has 32 heavy (non-hydrogen) atoms. The van der Waals surface area contributed by atoms with Crippen LogP contribution in [0.1, 0.15) is 43.4 Å². The van der Waals surface area contributed by atoms with Crippen molar-refractivity contribution in [1.29, 1.82) is 0 Å². The third-order valence-electron chi connectivity index (χ3n) is 5.19. The summed E-state index contributed by atoms with van der Waals surface area (Å²) in [5.41, 5.74) is 2.64. The van der Waals surface area contributed by atoms with E-state index in [0.29, 0.717) is 29.5 Å². The van der Waals surface area contributed by atoms with Crippen LogP contribution in [0.2, 0.25) is 5.02 Å². The molecule has 6 nitrogen and oxygen atoms in total. The first-order valence-electron chi connectivity index (χ1n) is 10.9. The van der Waals surface area contributed by atoms with Crippen molar-refractivity contribution in [2.24, 2.45) is 0 Å². The van der Waals surface area contributed by atoms with Gasteiger partial charge in [-0.15, -0.1) is 0 Å². The number of ether oxygens (including phenoxy) is 2. The Bertz CT molecular complexity index is 909. The maximum Gasteiger partial charge on any atom is 0.261 e. The van der Waals surface area contributed by atoms with E-state index >= 15 is 0 Å². The highest BCUT2D eigenvalue weighted by atomic mass is 35.5. The van der Waals surface area contributed by atoms with Crippen molar-refractivity contribution < 1.29 is 19.1 Å². The SMILES string of the molecule is CCCNC(=O)[C@@H](CC)N(Cc1cccc(OC)c1)C(=O)COc1cc(C)c(Cl)c(C)c1. The van der Waals surface area contributed by atoms with Crippen molar-refractivity contribution in [2.75, 3.05) is 20.3 Å². The summed E-state index contributed by atoms with van der Waals surface area (Å²) >= 11 is 6.23. The molecule has 1 N–H and O–H groups in total. The van der Waals surface area contributed by atoms with E-state index < -0.39 is 6.04 Å². The van der Waals surface area contributed by atoms with Crippen LogP contribution in [0, 0.1) is 13.8 Å². The molecule has 2 aromatic carbocycles. The van der Waals surface area contributed by atoms with Crippen molar-refractivity contribution in [1.82, 2.24) is 10.2 Å². The fourth-order valence-electron chi connectivity index (χ4n) is 3.47. The largest absolute Gasteiger partial charge is 0.497 e. The second-order valence-electron chi connectivity index (χ2n) is 7.75. The minimum Gasteiger partial charge on any atom is -0.497 e. The average Bonchev–Trinajstić information content (AvgIpc) is 2.79. The fourth-order valence-corrected chi connectivity index (χ4v) is 3.58. The van der Waals surface area contributed by atoms with Gasteiger partial charge in [0.05, 0.1) is 7.11 Å². The molecule has 0 unspecified atom stereocenters. The van der Waals surface area contributed by atoms with Crippen molar-refractivity contribution in [3.63, 3.8) is 0 Å². The highest BCUT2D eigenvalue weighted by Crippen LogP contribution is 2.26. The van der Waals surface area contributed by atoms with E-state index in [9.17, 15) is 9.59 Å². The molecule has 0 bridgehead atoms. The zero-order valence-electron chi connectivity index (χ0n) is 19.5. The molecule has 0 saturated heterocycles. The number of carbonyl (C=O) groups excluding carboxylic acids is 2. The molecule has 0 aromatic heterocycles. The molecule has 174 valence electrons. The Morgan fingerprint density at radius 2 is 1.78 bits per heavy atom. The molecule has 2 aromatic rings. The molecule has 0 aliphatic rings. The van der Waals surface area contributed by atoms with Crippen molar-refractivity contribution in [3.8, 4) is 11.5 Å². The molecule has 0 radical (unpaired) electrons. The van der Waals surface area contributed by atoms with Crippen LogP contribution < -0.4 is 14.8 Å². The van der Waals surface area contributed by atoms with Crippen LogP contribution in [0.25, 0.3) is 0 Å². The normalized spacial score (nSPS) is 11.6. The third kappa shape index (κ3) is 6.89. The number of amides is 2. The van der Waals surface area contributed by atoms with Gasteiger partial charge in [-0.25, -0.2) is 0 Å². The number of benzene rings is 2. The zero-order chi connectivity index (χ0) is 23.7. The Balaban J connectivity index is 2.24. The van der Waals surface area contributed by atoms with Crippen molar-refractivity contribution in [3.05, 3.63) is 58.1 Å². The molecule has 7 heteroatoms. The number of methoxy groups -OCH3 is 1. The Kier molecular flexibility index (Phi) is 9.85. The predicted octanol–water partition coefficient (Wildman–Crippen LogP) is 4.68. The number of rotatable bonds is 11. The molecule has 2 rings (SSSR count). The summed E-state index contributed by atoms with van der Waals surface area (Å²) in [6.07, 6.45) is 1.31. The standard InChI is InChI=1S/C25H33ClN2O4/c1-6-11-27-25(30)22(7-2)28(15-19-9-8-10-20(14-19)31-5)23(29)16-32-21-12-17(3)24(26)18(4)13-21/h8-10,12-14,22H,6-7,11,15-16H2,1-5H3,(H,27,30)/t22-/m1/s1. The maximum absolute atomic E-state index is 13.3. The molecule has 1 atom stereocenters. The van der Waals surface area contributed by atoms with E-state index in [4.69, 9.17) is 21.1 Å². The van der Waals surface area contributed by atoms with Gasteiger partial charge in [0.2, 0.25) is 5.91 Å². The van der Waals surface area contributed by atoms with E-state index in [1.165, 1.54) is 0 Å². The minimum atomic E-state index is -0.599. The number of carbonyl (C=O) groups is 2. The Labute approximate surface area is 195 Å². The minimum absolute atomic E-state index is 0.163. The number of hydrogen-bond donors (Lipinski definition) is 1. The van der Waals surface area contributed by atoms with E-state index in [1.807, 2.05) is 52.0 Å². The summed E-state index contributed by atoms with van der Waals surface area (Å²) < 4.78 is 11.1. The molecule has 0 saturated carbocycles. The zero-order valence-corrected chi connectivity index (χ0v) is 20.3. The van der Waals surface area contributed by atoms with E-state index in [0.717, 1.165) is 23.1 Å². The van der Waals surface area contributed by atoms with Gasteiger partial charge >= 0.3 is 0 Å². The number of halogens is 1. The monoisotopic (exact) mass is 460 g/mol. The van der Waals surface area contributed by atoms with E-state index in [2.05, 4.69) is 5.32 Å². The van der Waals surface area contributed by atoms with Gasteiger partial charge in [0.15, 0.2) is 6.61 Å². The second-order valence-corrected chi connectivity index (χ2v) is 8.13. The number of nitrogens with zero attached hydrogens (tertiary/aromatic N) is 1. The molecule has 2 amide bonds. The predicted molar refractivity (Wildman–Crippen MR) is 127 cm³/mol. The first-order valence-corrected chi connectivity index (χ1v) is 11.3.